The molecular weight excluding hydrogens is 386 g/mol. The van der Waals surface area contributed by atoms with Crippen molar-refractivity contribution in [3.05, 3.63) is 59.5 Å². The highest BCUT2D eigenvalue weighted by Crippen LogP contribution is 2.40. The van der Waals surface area contributed by atoms with Gasteiger partial charge < -0.3 is 15.0 Å². The van der Waals surface area contributed by atoms with Crippen LogP contribution in [-0.2, 0) is 6.18 Å². The van der Waals surface area contributed by atoms with E-state index in [1.165, 1.54) is 12.1 Å². The van der Waals surface area contributed by atoms with E-state index in [0.29, 0.717) is 28.9 Å². The van der Waals surface area contributed by atoms with Gasteiger partial charge in [-0.1, -0.05) is 12.1 Å². The molecule has 0 spiro atoms. The molecule has 0 amide bonds. The van der Waals surface area contributed by atoms with Crippen molar-refractivity contribution in [2.75, 3.05) is 25.0 Å². The molecule has 1 fully saturated rings. The quantitative estimate of drug-likeness (QED) is 0.606. The topological polar surface area (TPSA) is 40.3 Å². The van der Waals surface area contributed by atoms with Crippen LogP contribution >= 0.6 is 0 Å². The highest BCUT2D eigenvalue weighted by molar-refractivity contribution is 5.93. The number of halogens is 4. The van der Waals surface area contributed by atoms with Gasteiger partial charge in [-0.3, -0.25) is 4.90 Å². The summed E-state index contributed by atoms with van der Waals surface area (Å²) in [4.78, 5) is 4.73. The lowest BCUT2D eigenvalue weighted by Crippen LogP contribution is -2.53. The first kappa shape index (κ1) is 18.3. The molecule has 0 aliphatic carbocycles. The molecule has 29 heavy (non-hydrogen) atoms. The van der Waals surface area contributed by atoms with Crippen LogP contribution in [0.5, 0.6) is 5.75 Å². The Hall–Kier alpha value is -2.74. The molecule has 3 heterocycles. The van der Waals surface area contributed by atoms with Gasteiger partial charge in [0, 0.05) is 28.2 Å². The summed E-state index contributed by atoms with van der Waals surface area (Å²) in [5.41, 5.74) is 1.03. The van der Waals surface area contributed by atoms with Crippen LogP contribution in [0.4, 0.5) is 23.2 Å². The number of fused-ring (bicyclic) bond motifs is 2. The molecule has 3 aromatic rings. The molecule has 2 unspecified atom stereocenters. The van der Waals surface area contributed by atoms with Crippen molar-refractivity contribution in [1.29, 1.82) is 0 Å². The number of ether oxygens (including phenoxy) is 1. The molecule has 1 aromatic heterocycles. The fourth-order valence-electron chi connectivity index (χ4n) is 4.13. The molecule has 0 radical (unpaired) electrons. The fraction of sp³-hybridized carbons (Fsp3) is 0.333. The molecular formula is C21H19F4N3O. The molecule has 152 valence electrons. The van der Waals surface area contributed by atoms with E-state index in [1.54, 1.807) is 24.3 Å². The van der Waals surface area contributed by atoms with Crippen LogP contribution in [0, 0.1) is 5.82 Å². The number of hydrogen-bond acceptors (Lipinski definition) is 3. The van der Waals surface area contributed by atoms with Crippen LogP contribution in [0.15, 0.2) is 42.5 Å². The predicted octanol–water partition coefficient (Wildman–Crippen LogP) is 4.95. The average molecular weight is 405 g/mol. The molecule has 8 heteroatoms. The SMILES string of the molecule is Fc1ccc2c(c1)OCC(N1CCC1)C2Nc1cccc2[nH]c(C(F)(F)F)cc12. The van der Waals surface area contributed by atoms with Crippen LogP contribution in [0.2, 0.25) is 0 Å². The van der Waals surface area contributed by atoms with Crippen molar-refractivity contribution >= 4 is 16.6 Å². The van der Waals surface area contributed by atoms with Crippen LogP contribution in [0.3, 0.4) is 0 Å². The van der Waals surface area contributed by atoms with Gasteiger partial charge in [0.15, 0.2) is 0 Å². The summed E-state index contributed by atoms with van der Waals surface area (Å²) in [5.74, 6) is 0.0870. The zero-order chi connectivity index (χ0) is 20.2. The van der Waals surface area contributed by atoms with Gasteiger partial charge in [0.2, 0.25) is 0 Å². The molecule has 5 rings (SSSR count). The average Bonchev–Trinajstić information content (AvgIpc) is 3.07. The van der Waals surface area contributed by atoms with E-state index in [-0.39, 0.29) is 17.9 Å². The number of nitrogens with zero attached hydrogens (tertiary/aromatic N) is 1. The Bertz CT molecular complexity index is 1060. The molecule has 2 aliphatic heterocycles. The van der Waals surface area contributed by atoms with Crippen molar-refractivity contribution in [1.82, 2.24) is 9.88 Å². The molecule has 2 N–H and O–H groups in total. The number of benzene rings is 2. The van der Waals surface area contributed by atoms with Gasteiger partial charge in [-0.25, -0.2) is 4.39 Å². The van der Waals surface area contributed by atoms with Crippen molar-refractivity contribution in [2.45, 2.75) is 24.7 Å². The Labute approximate surface area is 164 Å². The molecule has 2 aromatic carbocycles. The van der Waals surface area contributed by atoms with E-state index in [9.17, 15) is 17.6 Å². The third kappa shape index (κ3) is 3.21. The van der Waals surface area contributed by atoms with Crippen molar-refractivity contribution in [2.24, 2.45) is 0 Å². The number of hydrogen-bond donors (Lipinski definition) is 2. The first-order valence-electron chi connectivity index (χ1n) is 9.52. The van der Waals surface area contributed by atoms with E-state index in [1.807, 2.05) is 0 Å². The smallest absolute Gasteiger partial charge is 0.431 e. The van der Waals surface area contributed by atoms with Gasteiger partial charge in [-0.05, 0) is 43.8 Å². The van der Waals surface area contributed by atoms with E-state index < -0.39 is 11.9 Å². The number of anilines is 1. The van der Waals surface area contributed by atoms with Crippen LogP contribution < -0.4 is 10.1 Å². The lowest BCUT2D eigenvalue weighted by Gasteiger charge is -2.45. The Morgan fingerprint density at radius 3 is 2.66 bits per heavy atom. The van der Waals surface area contributed by atoms with E-state index in [4.69, 9.17) is 4.74 Å². The second-order valence-corrected chi connectivity index (χ2v) is 7.52. The third-order valence-electron chi connectivity index (χ3n) is 5.75. The summed E-state index contributed by atoms with van der Waals surface area (Å²) in [5, 5.41) is 3.90. The number of alkyl halides is 3. The minimum Gasteiger partial charge on any atom is -0.491 e. The monoisotopic (exact) mass is 405 g/mol. The molecule has 2 aliphatic rings. The molecule has 4 nitrogen and oxygen atoms in total. The number of likely N-dealkylation sites (tertiary alicyclic amines) is 1. The van der Waals surface area contributed by atoms with E-state index >= 15 is 0 Å². The first-order valence-corrected chi connectivity index (χ1v) is 9.52. The summed E-state index contributed by atoms with van der Waals surface area (Å²) in [7, 11) is 0. The van der Waals surface area contributed by atoms with Gasteiger partial charge in [-0.15, -0.1) is 0 Å². The number of H-pyrrole nitrogens is 1. The minimum atomic E-state index is -4.45. The van der Waals surface area contributed by atoms with Gasteiger partial charge >= 0.3 is 6.18 Å². The van der Waals surface area contributed by atoms with Crippen molar-refractivity contribution < 1.29 is 22.3 Å². The summed E-state index contributed by atoms with van der Waals surface area (Å²) < 4.78 is 59.0. The molecule has 2 atom stereocenters. The van der Waals surface area contributed by atoms with Crippen LogP contribution in [0.25, 0.3) is 10.9 Å². The zero-order valence-corrected chi connectivity index (χ0v) is 15.4. The standard InChI is InChI=1S/C21H19F4N3O/c22-12-5-6-13-18(9-12)29-11-17(28-7-2-8-28)20(13)27-16-4-1-3-15-14(16)10-19(26-15)21(23,24)25/h1,3-6,9-10,17,20,26-27H,2,7-8,11H2. The maximum atomic E-state index is 13.7. The minimum absolute atomic E-state index is 0.0120. The second kappa shape index (κ2) is 6.66. The number of aromatic nitrogens is 1. The summed E-state index contributed by atoms with van der Waals surface area (Å²) in [6, 6.07) is 10.4. The number of rotatable bonds is 3. The van der Waals surface area contributed by atoms with Gasteiger partial charge in [0.05, 0.1) is 12.1 Å². The van der Waals surface area contributed by atoms with E-state index in [2.05, 4.69) is 15.2 Å². The third-order valence-corrected chi connectivity index (χ3v) is 5.75. The largest absolute Gasteiger partial charge is 0.491 e. The molecule has 1 saturated heterocycles. The van der Waals surface area contributed by atoms with Gasteiger partial charge in [0.25, 0.3) is 0 Å². The molecule has 0 bridgehead atoms. The van der Waals surface area contributed by atoms with Crippen LogP contribution in [0.1, 0.15) is 23.7 Å². The maximum Gasteiger partial charge on any atom is 0.431 e. The summed E-state index contributed by atoms with van der Waals surface area (Å²) >= 11 is 0. The number of aromatic amines is 1. The highest BCUT2D eigenvalue weighted by atomic mass is 19.4. The summed E-state index contributed by atoms with van der Waals surface area (Å²) in [6.45, 7) is 2.27. The Morgan fingerprint density at radius 2 is 1.93 bits per heavy atom. The number of nitrogens with one attached hydrogen (secondary N) is 2. The second-order valence-electron chi connectivity index (χ2n) is 7.52. The molecule has 0 saturated carbocycles. The van der Waals surface area contributed by atoms with Crippen LogP contribution in [-0.4, -0.2) is 35.6 Å². The van der Waals surface area contributed by atoms with E-state index in [0.717, 1.165) is 31.1 Å². The van der Waals surface area contributed by atoms with Gasteiger partial charge in [0.1, 0.15) is 23.9 Å². The highest BCUT2D eigenvalue weighted by Gasteiger charge is 2.38. The first-order chi connectivity index (χ1) is 13.9. The zero-order valence-electron chi connectivity index (χ0n) is 15.4. The fourth-order valence-corrected chi connectivity index (χ4v) is 4.13. The van der Waals surface area contributed by atoms with Crippen molar-refractivity contribution in [3.63, 3.8) is 0 Å². The predicted molar refractivity (Wildman–Crippen MR) is 102 cm³/mol. The van der Waals surface area contributed by atoms with Gasteiger partial charge in [-0.2, -0.15) is 13.2 Å². The maximum absolute atomic E-state index is 13.7. The van der Waals surface area contributed by atoms with Crippen molar-refractivity contribution in [3.8, 4) is 5.75 Å². The Kier molecular flexibility index (Phi) is 4.20. The summed E-state index contributed by atoms with van der Waals surface area (Å²) in [6.07, 6.45) is -3.35. The Balaban J connectivity index is 1.56. The lowest BCUT2D eigenvalue weighted by molar-refractivity contribution is -0.140. The lowest BCUT2D eigenvalue weighted by atomic mass is 9.92. The Morgan fingerprint density at radius 1 is 1.10 bits per heavy atom. The normalized spacial score (nSPS) is 22.1.